The van der Waals surface area contributed by atoms with Gasteiger partial charge in [0.05, 0.1) is 23.0 Å². The third-order valence-corrected chi connectivity index (χ3v) is 4.38. The van der Waals surface area contributed by atoms with Crippen molar-refractivity contribution in [2.45, 2.75) is 46.1 Å². The largest absolute Gasteiger partial charge is 0.326 e. The Hall–Kier alpha value is -2.63. The van der Waals surface area contributed by atoms with Gasteiger partial charge in [0.2, 0.25) is 11.8 Å². The average molecular weight is 326 g/mol. The molecular formula is C18H22N4O2. The van der Waals surface area contributed by atoms with Crippen LogP contribution in [0.3, 0.4) is 0 Å². The summed E-state index contributed by atoms with van der Waals surface area (Å²) in [5.74, 6) is -0.785. The van der Waals surface area contributed by atoms with Gasteiger partial charge in [0.25, 0.3) is 0 Å². The fourth-order valence-electron chi connectivity index (χ4n) is 3.16. The third-order valence-electron chi connectivity index (χ3n) is 4.38. The van der Waals surface area contributed by atoms with Gasteiger partial charge in [-0.15, -0.1) is 0 Å². The number of hydrogen-bond acceptors (Lipinski definition) is 3. The van der Waals surface area contributed by atoms with Crippen molar-refractivity contribution in [2.75, 3.05) is 10.6 Å². The molecule has 0 bridgehead atoms. The molecule has 0 fully saturated rings. The van der Waals surface area contributed by atoms with Crippen LogP contribution in [0.15, 0.2) is 24.3 Å². The van der Waals surface area contributed by atoms with Gasteiger partial charge in [-0.05, 0) is 31.9 Å². The minimum absolute atomic E-state index is 0.135. The van der Waals surface area contributed by atoms with E-state index in [2.05, 4.69) is 22.7 Å². The first-order valence-corrected chi connectivity index (χ1v) is 8.25. The zero-order chi connectivity index (χ0) is 17.3. The Morgan fingerprint density at radius 1 is 1.38 bits per heavy atom. The second-order valence-corrected chi connectivity index (χ2v) is 6.15. The number of hydrogen-bond donors (Lipinski definition) is 2. The van der Waals surface area contributed by atoms with Crippen molar-refractivity contribution in [3.8, 4) is 0 Å². The van der Waals surface area contributed by atoms with Crippen molar-refractivity contribution in [1.29, 1.82) is 0 Å². The number of fused-ring (bicyclic) bond motifs is 1. The maximum Gasteiger partial charge on any atom is 0.232 e. The molecule has 24 heavy (non-hydrogen) atoms. The molecule has 2 aromatic rings. The zero-order valence-corrected chi connectivity index (χ0v) is 14.2. The highest BCUT2D eigenvalue weighted by Gasteiger charge is 2.31. The van der Waals surface area contributed by atoms with Crippen LogP contribution >= 0.6 is 0 Å². The number of anilines is 2. The van der Waals surface area contributed by atoms with Crippen LogP contribution in [0.1, 0.15) is 42.6 Å². The van der Waals surface area contributed by atoms with Gasteiger partial charge in [-0.2, -0.15) is 5.10 Å². The summed E-state index contributed by atoms with van der Waals surface area (Å²) >= 11 is 0. The summed E-state index contributed by atoms with van der Waals surface area (Å²) in [6.07, 6.45) is 1.13. The first-order valence-electron chi connectivity index (χ1n) is 8.25. The molecule has 1 aliphatic heterocycles. The Labute approximate surface area is 141 Å². The molecule has 6 heteroatoms. The molecule has 0 radical (unpaired) electrons. The fraction of sp³-hybridized carbons (Fsp3) is 0.389. The van der Waals surface area contributed by atoms with Crippen molar-refractivity contribution in [3.05, 3.63) is 41.2 Å². The SMILES string of the molecule is CCCn1nc(C)c(NC(=O)C2CC(=O)Nc3ccccc32)c1C. The normalized spacial score (nSPS) is 16.5. The van der Waals surface area contributed by atoms with Crippen molar-refractivity contribution in [3.63, 3.8) is 0 Å². The monoisotopic (exact) mass is 326 g/mol. The highest BCUT2D eigenvalue weighted by Crippen LogP contribution is 2.33. The van der Waals surface area contributed by atoms with Crippen LogP contribution in [-0.2, 0) is 16.1 Å². The molecule has 126 valence electrons. The van der Waals surface area contributed by atoms with E-state index in [1.54, 1.807) is 0 Å². The summed E-state index contributed by atoms with van der Waals surface area (Å²) in [7, 11) is 0. The van der Waals surface area contributed by atoms with Crippen LogP contribution in [-0.4, -0.2) is 21.6 Å². The lowest BCUT2D eigenvalue weighted by atomic mass is 9.89. The number of amides is 2. The number of aromatic nitrogens is 2. The van der Waals surface area contributed by atoms with Crippen molar-refractivity contribution in [2.24, 2.45) is 0 Å². The van der Waals surface area contributed by atoms with E-state index < -0.39 is 5.92 Å². The molecule has 0 saturated heterocycles. The molecule has 2 amide bonds. The minimum atomic E-state index is -0.483. The van der Waals surface area contributed by atoms with Gasteiger partial charge in [-0.1, -0.05) is 25.1 Å². The number of nitrogens with one attached hydrogen (secondary N) is 2. The summed E-state index contributed by atoms with van der Waals surface area (Å²) in [5, 5.41) is 10.3. The number of carbonyl (C=O) groups is 2. The van der Waals surface area contributed by atoms with E-state index in [4.69, 9.17) is 0 Å². The number of carbonyl (C=O) groups excluding carboxylic acids is 2. The van der Waals surface area contributed by atoms with Crippen LogP contribution in [0.25, 0.3) is 0 Å². The summed E-state index contributed by atoms with van der Waals surface area (Å²) in [6, 6.07) is 7.44. The maximum atomic E-state index is 12.8. The fourth-order valence-corrected chi connectivity index (χ4v) is 3.16. The van der Waals surface area contributed by atoms with Gasteiger partial charge >= 0.3 is 0 Å². The highest BCUT2D eigenvalue weighted by atomic mass is 16.2. The number of rotatable bonds is 4. The summed E-state index contributed by atoms with van der Waals surface area (Å²) in [5.41, 5.74) is 4.05. The Morgan fingerprint density at radius 2 is 2.12 bits per heavy atom. The number of para-hydroxylation sites is 1. The third kappa shape index (κ3) is 2.91. The smallest absolute Gasteiger partial charge is 0.232 e. The maximum absolute atomic E-state index is 12.8. The first-order chi connectivity index (χ1) is 11.5. The summed E-state index contributed by atoms with van der Waals surface area (Å²) < 4.78 is 1.91. The molecule has 0 saturated carbocycles. The van der Waals surface area contributed by atoms with Crippen LogP contribution in [0.4, 0.5) is 11.4 Å². The van der Waals surface area contributed by atoms with E-state index in [9.17, 15) is 9.59 Å². The Kier molecular flexibility index (Phi) is 4.38. The Morgan fingerprint density at radius 3 is 2.88 bits per heavy atom. The molecule has 2 heterocycles. The minimum Gasteiger partial charge on any atom is -0.326 e. The zero-order valence-electron chi connectivity index (χ0n) is 14.2. The quantitative estimate of drug-likeness (QED) is 0.907. The Balaban J connectivity index is 1.87. The van der Waals surface area contributed by atoms with Crippen LogP contribution in [0.2, 0.25) is 0 Å². The molecule has 6 nitrogen and oxygen atoms in total. The van der Waals surface area contributed by atoms with Gasteiger partial charge in [-0.25, -0.2) is 0 Å². The summed E-state index contributed by atoms with van der Waals surface area (Å²) in [4.78, 5) is 24.7. The van der Waals surface area contributed by atoms with Crippen LogP contribution < -0.4 is 10.6 Å². The van der Waals surface area contributed by atoms with Crippen molar-refractivity contribution in [1.82, 2.24) is 9.78 Å². The Bertz CT molecular complexity index is 794. The molecule has 1 unspecified atom stereocenters. The number of aryl methyl sites for hydroxylation is 2. The lowest BCUT2D eigenvalue weighted by molar-refractivity contribution is -0.123. The molecule has 1 aliphatic rings. The molecule has 1 aromatic heterocycles. The van der Waals surface area contributed by atoms with Gasteiger partial charge in [0.15, 0.2) is 0 Å². The highest BCUT2D eigenvalue weighted by molar-refractivity contribution is 6.05. The number of benzene rings is 1. The second kappa shape index (κ2) is 6.47. The number of nitrogens with zero attached hydrogens (tertiary/aromatic N) is 2. The lowest BCUT2D eigenvalue weighted by Gasteiger charge is -2.24. The second-order valence-electron chi connectivity index (χ2n) is 6.15. The first kappa shape index (κ1) is 16.2. The summed E-state index contributed by atoms with van der Waals surface area (Å²) in [6.45, 7) is 6.74. The van der Waals surface area contributed by atoms with Crippen LogP contribution in [0.5, 0.6) is 0 Å². The van der Waals surface area contributed by atoms with Gasteiger partial charge in [0, 0.05) is 18.7 Å². The topological polar surface area (TPSA) is 76.0 Å². The van der Waals surface area contributed by atoms with E-state index in [1.165, 1.54) is 0 Å². The van der Waals surface area contributed by atoms with E-state index >= 15 is 0 Å². The van der Waals surface area contributed by atoms with Gasteiger partial charge in [-0.3, -0.25) is 14.3 Å². The van der Waals surface area contributed by atoms with Gasteiger partial charge in [0.1, 0.15) is 0 Å². The van der Waals surface area contributed by atoms with E-state index in [-0.39, 0.29) is 18.2 Å². The van der Waals surface area contributed by atoms with Gasteiger partial charge < -0.3 is 10.6 Å². The molecule has 2 N–H and O–H groups in total. The molecular weight excluding hydrogens is 304 g/mol. The molecule has 1 atom stereocenters. The lowest BCUT2D eigenvalue weighted by Crippen LogP contribution is -2.31. The van der Waals surface area contributed by atoms with Crippen molar-refractivity contribution < 1.29 is 9.59 Å². The standard InChI is InChI=1S/C18H22N4O2/c1-4-9-22-12(3)17(11(2)21-22)20-18(24)14-10-16(23)19-15-8-6-5-7-13(14)15/h5-8,14H,4,9-10H2,1-3H3,(H,19,23)(H,20,24). The molecule has 3 rings (SSSR count). The predicted octanol–water partition coefficient (Wildman–Crippen LogP) is 2.97. The van der Waals surface area contributed by atoms with E-state index in [0.717, 1.165) is 35.6 Å². The van der Waals surface area contributed by atoms with E-state index in [1.807, 2.05) is 42.8 Å². The van der Waals surface area contributed by atoms with Crippen molar-refractivity contribution >= 4 is 23.2 Å². The average Bonchev–Trinajstić information content (AvgIpc) is 2.82. The van der Waals surface area contributed by atoms with Crippen LogP contribution in [0, 0.1) is 13.8 Å². The molecule has 0 aliphatic carbocycles. The molecule has 0 spiro atoms. The van der Waals surface area contributed by atoms with E-state index in [0.29, 0.717) is 5.69 Å². The molecule has 1 aromatic carbocycles. The predicted molar refractivity (Wildman–Crippen MR) is 93.1 cm³/mol.